The molecule has 1 aromatic heterocycles. The first kappa shape index (κ1) is 17.9. The number of nitrogens with zero attached hydrogens (tertiary/aromatic N) is 3. The maximum Gasteiger partial charge on any atom is 0.235 e. The van der Waals surface area contributed by atoms with E-state index in [0.29, 0.717) is 0 Å². The summed E-state index contributed by atoms with van der Waals surface area (Å²) in [6.07, 6.45) is 3.65. The molecule has 4 nitrogen and oxygen atoms in total. The molecule has 23 heavy (non-hydrogen) atoms. The fourth-order valence-electron chi connectivity index (χ4n) is 2.42. The molecule has 1 aromatic carbocycles. The number of benzene rings is 1. The van der Waals surface area contributed by atoms with Crippen LogP contribution in [-0.4, -0.2) is 38.7 Å². The Kier molecular flexibility index (Phi) is 6.13. The molecule has 0 saturated heterocycles. The Morgan fingerprint density at radius 3 is 2.74 bits per heavy atom. The minimum atomic E-state index is -0.185. The second kappa shape index (κ2) is 7.88. The Labute approximate surface area is 146 Å². The second-order valence-electron chi connectivity index (χ2n) is 5.23. The van der Waals surface area contributed by atoms with E-state index in [1.165, 1.54) is 11.8 Å². The van der Waals surface area contributed by atoms with E-state index < -0.39 is 0 Å². The quantitative estimate of drug-likeness (QED) is 0.732. The molecule has 2 aromatic rings. The molecule has 124 valence electrons. The summed E-state index contributed by atoms with van der Waals surface area (Å²) in [6.45, 7) is 9.35. The number of amides is 1. The normalized spacial score (nSPS) is 12.2. The maximum atomic E-state index is 12.4. The van der Waals surface area contributed by atoms with Crippen LogP contribution < -0.4 is 0 Å². The highest BCUT2D eigenvalue weighted by Crippen LogP contribution is 2.29. The average Bonchev–Trinajstić information content (AvgIpc) is 2.99. The van der Waals surface area contributed by atoms with Crippen molar-refractivity contribution >= 4 is 29.3 Å². The van der Waals surface area contributed by atoms with Crippen molar-refractivity contribution in [3.63, 3.8) is 0 Å². The molecule has 0 saturated carbocycles. The number of halogens is 1. The van der Waals surface area contributed by atoms with E-state index in [9.17, 15) is 4.79 Å². The molecule has 2 rings (SSSR count). The van der Waals surface area contributed by atoms with E-state index in [1.807, 2.05) is 61.6 Å². The van der Waals surface area contributed by atoms with Gasteiger partial charge in [-0.3, -0.25) is 9.36 Å². The van der Waals surface area contributed by atoms with Gasteiger partial charge in [0.05, 0.1) is 10.9 Å². The smallest absolute Gasteiger partial charge is 0.235 e. The van der Waals surface area contributed by atoms with Gasteiger partial charge < -0.3 is 4.90 Å². The predicted molar refractivity (Wildman–Crippen MR) is 96.6 cm³/mol. The van der Waals surface area contributed by atoms with Crippen LogP contribution in [-0.2, 0) is 4.79 Å². The van der Waals surface area contributed by atoms with Crippen molar-refractivity contribution in [1.29, 1.82) is 0 Å². The topological polar surface area (TPSA) is 38.1 Å². The van der Waals surface area contributed by atoms with Crippen molar-refractivity contribution in [2.24, 2.45) is 0 Å². The monoisotopic (exact) mass is 351 g/mol. The van der Waals surface area contributed by atoms with Crippen LogP contribution in [0.3, 0.4) is 0 Å². The van der Waals surface area contributed by atoms with Crippen LogP contribution in [0.25, 0.3) is 5.69 Å². The summed E-state index contributed by atoms with van der Waals surface area (Å²) in [5.41, 5.74) is 1.98. The number of hydrogen-bond acceptors (Lipinski definition) is 3. The molecule has 0 N–H and O–H groups in total. The zero-order chi connectivity index (χ0) is 17.0. The van der Waals surface area contributed by atoms with Gasteiger partial charge in [0.15, 0.2) is 5.16 Å². The van der Waals surface area contributed by atoms with E-state index in [4.69, 9.17) is 11.6 Å². The number of rotatable bonds is 6. The molecular formula is C17H22ClN3OS. The van der Waals surface area contributed by atoms with E-state index in [0.717, 1.165) is 34.5 Å². The lowest BCUT2D eigenvalue weighted by molar-refractivity contribution is -0.129. The molecule has 1 amide bonds. The van der Waals surface area contributed by atoms with Crippen LogP contribution in [0.2, 0.25) is 5.02 Å². The van der Waals surface area contributed by atoms with Gasteiger partial charge in [0.1, 0.15) is 0 Å². The van der Waals surface area contributed by atoms with Crippen molar-refractivity contribution in [2.45, 2.75) is 38.1 Å². The summed E-state index contributed by atoms with van der Waals surface area (Å²) >= 11 is 7.69. The molecular weight excluding hydrogens is 330 g/mol. The Hall–Kier alpha value is -1.46. The van der Waals surface area contributed by atoms with Gasteiger partial charge in [-0.05, 0) is 45.4 Å². The summed E-state index contributed by atoms with van der Waals surface area (Å²) in [4.78, 5) is 18.7. The summed E-state index contributed by atoms with van der Waals surface area (Å²) in [5, 5.41) is 1.33. The van der Waals surface area contributed by atoms with Gasteiger partial charge in [-0.1, -0.05) is 29.4 Å². The van der Waals surface area contributed by atoms with Crippen LogP contribution in [0.15, 0.2) is 35.7 Å². The number of imidazole rings is 1. The fraction of sp³-hybridized carbons (Fsp3) is 0.412. The molecule has 0 aliphatic carbocycles. The standard InChI is InChI=1S/C17H22ClN3OS/c1-5-20(6-2)16(22)13(4)23-17-19-10-11-21(17)15-9-7-8-14(18)12(15)3/h7-11,13H,5-6H2,1-4H3. The molecule has 0 fully saturated rings. The largest absolute Gasteiger partial charge is 0.342 e. The van der Waals surface area contributed by atoms with Crippen LogP contribution in [0.4, 0.5) is 0 Å². The van der Waals surface area contributed by atoms with Gasteiger partial charge in [-0.15, -0.1) is 0 Å². The number of hydrogen-bond donors (Lipinski definition) is 0. The number of carbonyl (C=O) groups excluding carboxylic acids is 1. The van der Waals surface area contributed by atoms with Gasteiger partial charge in [0.25, 0.3) is 0 Å². The van der Waals surface area contributed by atoms with E-state index in [1.54, 1.807) is 6.20 Å². The third-order valence-corrected chi connectivity index (χ3v) is 5.29. The van der Waals surface area contributed by atoms with Crippen molar-refractivity contribution in [3.05, 3.63) is 41.2 Å². The Bertz CT molecular complexity index is 682. The van der Waals surface area contributed by atoms with Gasteiger partial charge in [0.2, 0.25) is 5.91 Å². The van der Waals surface area contributed by atoms with Gasteiger partial charge in [0, 0.05) is 30.5 Å². The first-order valence-corrected chi connectivity index (χ1v) is 8.99. The molecule has 0 aliphatic rings. The first-order valence-electron chi connectivity index (χ1n) is 7.73. The van der Waals surface area contributed by atoms with Crippen LogP contribution >= 0.6 is 23.4 Å². The molecule has 0 radical (unpaired) electrons. The van der Waals surface area contributed by atoms with Crippen molar-refractivity contribution in [2.75, 3.05) is 13.1 Å². The number of aromatic nitrogens is 2. The Balaban J connectivity index is 2.25. The van der Waals surface area contributed by atoms with E-state index in [-0.39, 0.29) is 11.2 Å². The first-order chi connectivity index (χ1) is 11.0. The highest BCUT2D eigenvalue weighted by molar-refractivity contribution is 8.00. The Morgan fingerprint density at radius 2 is 2.09 bits per heavy atom. The molecule has 0 bridgehead atoms. The highest BCUT2D eigenvalue weighted by Gasteiger charge is 2.21. The molecule has 1 atom stereocenters. The van der Waals surface area contributed by atoms with E-state index >= 15 is 0 Å². The fourth-order valence-corrected chi connectivity index (χ4v) is 3.55. The maximum absolute atomic E-state index is 12.4. The summed E-state index contributed by atoms with van der Waals surface area (Å²) < 4.78 is 1.98. The van der Waals surface area contributed by atoms with Crippen molar-refractivity contribution < 1.29 is 4.79 Å². The van der Waals surface area contributed by atoms with Crippen molar-refractivity contribution in [1.82, 2.24) is 14.5 Å². The Morgan fingerprint density at radius 1 is 1.39 bits per heavy atom. The lowest BCUT2D eigenvalue weighted by atomic mass is 10.2. The second-order valence-corrected chi connectivity index (χ2v) is 6.95. The number of thioether (sulfide) groups is 1. The van der Waals surface area contributed by atoms with Crippen LogP contribution in [0, 0.1) is 6.92 Å². The average molecular weight is 352 g/mol. The minimum absolute atomic E-state index is 0.136. The molecule has 1 unspecified atom stereocenters. The molecule has 0 spiro atoms. The lowest BCUT2D eigenvalue weighted by Gasteiger charge is -2.22. The molecule has 0 aliphatic heterocycles. The minimum Gasteiger partial charge on any atom is -0.342 e. The third kappa shape index (κ3) is 3.90. The van der Waals surface area contributed by atoms with Gasteiger partial charge >= 0.3 is 0 Å². The highest BCUT2D eigenvalue weighted by atomic mass is 35.5. The van der Waals surface area contributed by atoms with Gasteiger partial charge in [-0.25, -0.2) is 4.98 Å². The molecule has 1 heterocycles. The lowest BCUT2D eigenvalue weighted by Crippen LogP contribution is -2.36. The number of carbonyl (C=O) groups is 1. The third-order valence-electron chi connectivity index (χ3n) is 3.81. The van der Waals surface area contributed by atoms with Crippen LogP contribution in [0.5, 0.6) is 0 Å². The van der Waals surface area contributed by atoms with Gasteiger partial charge in [-0.2, -0.15) is 0 Å². The summed E-state index contributed by atoms with van der Waals surface area (Å²) in [5.74, 6) is 0.136. The summed E-state index contributed by atoms with van der Waals surface area (Å²) in [7, 11) is 0. The van der Waals surface area contributed by atoms with E-state index in [2.05, 4.69) is 4.98 Å². The van der Waals surface area contributed by atoms with Crippen LogP contribution in [0.1, 0.15) is 26.3 Å². The summed E-state index contributed by atoms with van der Waals surface area (Å²) in [6, 6.07) is 5.80. The zero-order valence-electron chi connectivity index (χ0n) is 13.9. The SMILES string of the molecule is CCN(CC)C(=O)C(C)Sc1nccn1-c1cccc(Cl)c1C. The predicted octanol–water partition coefficient (Wildman–Crippen LogP) is 4.18. The van der Waals surface area contributed by atoms with Crippen molar-refractivity contribution in [3.8, 4) is 5.69 Å². The zero-order valence-corrected chi connectivity index (χ0v) is 15.5. The molecule has 6 heteroatoms.